The van der Waals surface area contributed by atoms with Crippen LogP contribution in [-0.2, 0) is 10.0 Å². The summed E-state index contributed by atoms with van der Waals surface area (Å²) in [5.74, 6) is 0. The van der Waals surface area contributed by atoms with Gasteiger partial charge >= 0.3 is 0 Å². The van der Waals surface area contributed by atoms with Crippen LogP contribution in [0.25, 0.3) is 0 Å². The fourth-order valence-corrected chi connectivity index (χ4v) is 4.79. The molecule has 0 spiro atoms. The summed E-state index contributed by atoms with van der Waals surface area (Å²) in [5.41, 5.74) is 0.130. The summed E-state index contributed by atoms with van der Waals surface area (Å²) < 4.78 is 27.8. The number of anilines is 2. The lowest BCUT2D eigenvalue weighted by atomic mass is 10.2. The van der Waals surface area contributed by atoms with E-state index in [9.17, 15) is 18.5 Å². The third-order valence-corrected chi connectivity index (χ3v) is 6.18. The maximum Gasteiger partial charge on any atom is 0.271 e. The van der Waals surface area contributed by atoms with Crippen molar-refractivity contribution >= 4 is 54.4 Å². The number of aliphatic hydroxyl groups is 1. The Balaban J connectivity index is 2.39. The normalized spacial score (nSPS) is 11.2. The van der Waals surface area contributed by atoms with Gasteiger partial charge in [-0.3, -0.25) is 14.8 Å². The molecule has 1 aromatic heterocycles. The molecule has 0 atom stereocenters. The highest BCUT2D eigenvalue weighted by molar-refractivity contribution is 9.11. The molecule has 0 fully saturated rings. The Kier molecular flexibility index (Phi) is 5.57. The minimum atomic E-state index is -3.87. The second-order valence-corrected chi connectivity index (χ2v) is 8.67. The second kappa shape index (κ2) is 7.25. The van der Waals surface area contributed by atoms with Crippen LogP contribution in [0, 0.1) is 10.1 Å². The number of hydrogen-bond donors (Lipinski definition) is 3. The van der Waals surface area contributed by atoms with Gasteiger partial charge in [0.1, 0.15) is 4.21 Å². The largest absolute Gasteiger partial charge is 0.395 e. The molecule has 124 valence electrons. The van der Waals surface area contributed by atoms with Gasteiger partial charge in [-0.1, -0.05) is 0 Å². The lowest BCUT2D eigenvalue weighted by Gasteiger charge is -2.13. The van der Waals surface area contributed by atoms with Gasteiger partial charge in [-0.05, 0) is 34.1 Å². The highest BCUT2D eigenvalue weighted by Crippen LogP contribution is 2.32. The van der Waals surface area contributed by atoms with Gasteiger partial charge in [0.2, 0.25) is 0 Å². The molecule has 0 aliphatic rings. The molecular weight excluding hydrogens is 410 g/mol. The van der Waals surface area contributed by atoms with Crippen molar-refractivity contribution < 1.29 is 18.4 Å². The number of benzene rings is 1. The predicted octanol–water partition coefficient (Wildman–Crippen LogP) is 2.62. The summed E-state index contributed by atoms with van der Waals surface area (Å²) in [5, 5.41) is 22.5. The molecule has 3 N–H and O–H groups in total. The van der Waals surface area contributed by atoms with Gasteiger partial charge < -0.3 is 10.4 Å². The van der Waals surface area contributed by atoms with Crippen LogP contribution >= 0.6 is 27.3 Å². The van der Waals surface area contributed by atoms with Crippen molar-refractivity contribution in [2.45, 2.75) is 4.21 Å². The summed E-state index contributed by atoms with van der Waals surface area (Å²) in [6, 6.07) is 6.78. The summed E-state index contributed by atoms with van der Waals surface area (Å²) in [4.78, 5) is 10.3. The predicted molar refractivity (Wildman–Crippen MR) is 91.5 cm³/mol. The zero-order valence-electron chi connectivity index (χ0n) is 11.5. The minimum absolute atomic E-state index is 0.0390. The van der Waals surface area contributed by atoms with Crippen molar-refractivity contribution in [1.82, 2.24) is 0 Å². The summed E-state index contributed by atoms with van der Waals surface area (Å²) in [6.45, 7) is 0.0120. The van der Waals surface area contributed by atoms with Crippen molar-refractivity contribution in [3.8, 4) is 0 Å². The summed E-state index contributed by atoms with van der Waals surface area (Å²) in [6.07, 6.45) is 0. The maximum atomic E-state index is 12.4. The third-order valence-electron chi connectivity index (χ3n) is 2.70. The molecule has 0 radical (unpaired) electrons. The second-order valence-electron chi connectivity index (χ2n) is 4.30. The van der Waals surface area contributed by atoms with Gasteiger partial charge in [0, 0.05) is 18.7 Å². The fraction of sp³-hybridized carbons (Fsp3) is 0.167. The van der Waals surface area contributed by atoms with Crippen LogP contribution in [0.3, 0.4) is 0 Å². The molecule has 1 heterocycles. The number of halogens is 1. The number of sulfonamides is 1. The van der Waals surface area contributed by atoms with Gasteiger partial charge in [-0.15, -0.1) is 11.3 Å². The van der Waals surface area contributed by atoms with Crippen LogP contribution in [0.5, 0.6) is 0 Å². The quantitative estimate of drug-likeness (QED) is 0.466. The SMILES string of the molecule is O=[N+]([O-])c1ccc(NCCO)c(NS(=O)(=O)c2ccc(Br)s2)c1. The molecule has 0 bridgehead atoms. The van der Waals surface area contributed by atoms with Crippen LogP contribution in [0.2, 0.25) is 0 Å². The first-order valence-electron chi connectivity index (χ1n) is 6.25. The number of nitrogens with one attached hydrogen (secondary N) is 2. The van der Waals surface area contributed by atoms with Crippen LogP contribution in [0.15, 0.2) is 38.3 Å². The number of aliphatic hydroxyl groups excluding tert-OH is 1. The van der Waals surface area contributed by atoms with Crippen LogP contribution in [0.1, 0.15) is 0 Å². The van der Waals surface area contributed by atoms with E-state index in [-0.39, 0.29) is 28.7 Å². The fourth-order valence-electron chi connectivity index (χ4n) is 1.71. The van der Waals surface area contributed by atoms with E-state index in [4.69, 9.17) is 5.11 Å². The molecule has 0 saturated heterocycles. The first kappa shape index (κ1) is 17.7. The van der Waals surface area contributed by atoms with Gasteiger partial charge in [-0.25, -0.2) is 8.42 Å². The Morgan fingerprint density at radius 1 is 1.26 bits per heavy atom. The summed E-state index contributed by atoms with van der Waals surface area (Å²) in [7, 11) is -3.87. The molecule has 0 amide bonds. The highest BCUT2D eigenvalue weighted by Gasteiger charge is 2.20. The van der Waals surface area contributed by atoms with E-state index in [1.54, 1.807) is 6.07 Å². The van der Waals surface area contributed by atoms with E-state index in [1.165, 1.54) is 18.2 Å². The van der Waals surface area contributed by atoms with Crippen molar-refractivity contribution in [2.75, 3.05) is 23.2 Å². The molecule has 0 aliphatic heterocycles. The zero-order chi connectivity index (χ0) is 17.0. The Hall–Kier alpha value is -1.69. The van der Waals surface area contributed by atoms with E-state index in [1.807, 2.05) is 0 Å². The van der Waals surface area contributed by atoms with Gasteiger partial charge in [0.25, 0.3) is 15.7 Å². The number of nitro benzene ring substituents is 1. The van der Waals surface area contributed by atoms with Crippen LogP contribution < -0.4 is 10.0 Å². The van der Waals surface area contributed by atoms with Gasteiger partial charge in [0.15, 0.2) is 0 Å². The molecule has 0 aliphatic carbocycles. The van der Waals surface area contributed by atoms with E-state index in [0.29, 0.717) is 9.47 Å². The molecule has 0 saturated carbocycles. The lowest BCUT2D eigenvalue weighted by Crippen LogP contribution is -2.14. The third kappa shape index (κ3) is 4.41. The average molecular weight is 422 g/mol. The van der Waals surface area contributed by atoms with Crippen LogP contribution in [0.4, 0.5) is 17.1 Å². The number of non-ortho nitro benzene ring substituents is 1. The average Bonchev–Trinajstić information content (AvgIpc) is 2.93. The smallest absolute Gasteiger partial charge is 0.271 e. The molecule has 8 nitrogen and oxygen atoms in total. The molecule has 11 heteroatoms. The highest BCUT2D eigenvalue weighted by atomic mass is 79.9. The molecule has 2 aromatic rings. The number of rotatable bonds is 7. The Morgan fingerprint density at radius 3 is 2.57 bits per heavy atom. The van der Waals surface area contributed by atoms with Crippen molar-refractivity contribution in [2.24, 2.45) is 0 Å². The Labute approximate surface area is 144 Å². The molecular formula is C12H12BrN3O5S2. The lowest BCUT2D eigenvalue weighted by molar-refractivity contribution is -0.384. The van der Waals surface area contributed by atoms with E-state index < -0.39 is 14.9 Å². The van der Waals surface area contributed by atoms with E-state index in [0.717, 1.165) is 17.4 Å². The van der Waals surface area contributed by atoms with Crippen molar-refractivity contribution in [1.29, 1.82) is 0 Å². The molecule has 2 rings (SSSR count). The zero-order valence-corrected chi connectivity index (χ0v) is 14.7. The standard InChI is InChI=1S/C12H12BrN3O5S2/c13-11-3-4-12(22-11)23(20,21)15-10-7-8(16(18)19)1-2-9(10)14-5-6-17/h1-4,7,14-15,17H,5-6H2. The molecule has 23 heavy (non-hydrogen) atoms. The minimum Gasteiger partial charge on any atom is -0.395 e. The number of nitrogens with zero attached hydrogens (tertiary/aromatic N) is 1. The van der Waals surface area contributed by atoms with Crippen molar-refractivity contribution in [3.05, 3.63) is 44.2 Å². The Morgan fingerprint density at radius 2 is 2.00 bits per heavy atom. The topological polar surface area (TPSA) is 122 Å². The van der Waals surface area contributed by atoms with E-state index in [2.05, 4.69) is 26.0 Å². The van der Waals surface area contributed by atoms with Gasteiger partial charge in [0.05, 0.1) is 26.7 Å². The summed E-state index contributed by atoms with van der Waals surface area (Å²) >= 11 is 4.21. The number of nitro groups is 1. The number of thiophene rings is 1. The van der Waals surface area contributed by atoms with Gasteiger partial charge in [-0.2, -0.15) is 0 Å². The first-order chi connectivity index (χ1) is 10.8. The first-order valence-corrected chi connectivity index (χ1v) is 9.34. The van der Waals surface area contributed by atoms with Crippen LogP contribution in [-0.4, -0.2) is 31.6 Å². The number of hydrogen-bond acceptors (Lipinski definition) is 7. The maximum absolute atomic E-state index is 12.4. The monoisotopic (exact) mass is 421 g/mol. The molecule has 0 unspecified atom stereocenters. The van der Waals surface area contributed by atoms with E-state index >= 15 is 0 Å². The van der Waals surface area contributed by atoms with Crippen molar-refractivity contribution in [3.63, 3.8) is 0 Å². The Bertz CT molecular complexity index is 822. The molecule has 1 aromatic carbocycles.